The average molecular weight is 191 g/mol. The molecule has 2 nitrogen and oxygen atoms in total. The van der Waals surface area contributed by atoms with E-state index >= 15 is 0 Å². The van der Waals surface area contributed by atoms with Gasteiger partial charge in [-0.1, -0.05) is 6.07 Å². The second kappa shape index (κ2) is 3.62. The van der Waals surface area contributed by atoms with Gasteiger partial charge in [-0.2, -0.15) is 0 Å². The van der Waals surface area contributed by atoms with Crippen LogP contribution in [0.4, 0.5) is 0 Å². The molecule has 76 valence electrons. The fourth-order valence-electron chi connectivity index (χ4n) is 2.01. The zero-order valence-electron chi connectivity index (χ0n) is 8.83. The summed E-state index contributed by atoms with van der Waals surface area (Å²) >= 11 is 0. The van der Waals surface area contributed by atoms with Crippen molar-refractivity contribution in [2.75, 3.05) is 6.54 Å². The van der Waals surface area contributed by atoms with Gasteiger partial charge in [0.2, 0.25) is 0 Å². The number of hydrogen-bond acceptors (Lipinski definition) is 2. The number of benzene rings is 1. The SMILES string of the molecule is CC(C)N1CCc2ccc(O)cc2C1. The summed E-state index contributed by atoms with van der Waals surface area (Å²) in [6, 6.07) is 6.31. The van der Waals surface area contributed by atoms with E-state index in [0.29, 0.717) is 11.8 Å². The molecule has 0 fully saturated rings. The summed E-state index contributed by atoms with van der Waals surface area (Å²) in [7, 11) is 0. The third-order valence-corrected chi connectivity index (χ3v) is 2.96. The van der Waals surface area contributed by atoms with E-state index in [-0.39, 0.29) is 0 Å². The molecule has 0 aromatic heterocycles. The van der Waals surface area contributed by atoms with Crippen LogP contribution >= 0.6 is 0 Å². The van der Waals surface area contributed by atoms with Crippen molar-refractivity contribution in [1.29, 1.82) is 0 Å². The van der Waals surface area contributed by atoms with Gasteiger partial charge in [0.15, 0.2) is 0 Å². The summed E-state index contributed by atoms with van der Waals surface area (Å²) in [5, 5.41) is 9.39. The monoisotopic (exact) mass is 191 g/mol. The minimum Gasteiger partial charge on any atom is -0.508 e. The molecule has 1 aliphatic rings. The van der Waals surface area contributed by atoms with Crippen LogP contribution in [0, 0.1) is 0 Å². The van der Waals surface area contributed by atoms with Gasteiger partial charge in [0.25, 0.3) is 0 Å². The lowest BCUT2D eigenvalue weighted by Crippen LogP contribution is -2.35. The molecule has 0 bridgehead atoms. The molecule has 1 aromatic rings. The lowest BCUT2D eigenvalue weighted by atomic mass is 9.98. The van der Waals surface area contributed by atoms with Crippen molar-refractivity contribution in [2.45, 2.75) is 32.9 Å². The average Bonchev–Trinajstić information content (AvgIpc) is 2.16. The molecular formula is C12H17NO. The predicted octanol–water partition coefficient (Wildman–Crippen LogP) is 2.16. The van der Waals surface area contributed by atoms with Crippen molar-refractivity contribution in [3.05, 3.63) is 29.3 Å². The topological polar surface area (TPSA) is 23.5 Å². The third kappa shape index (κ3) is 1.75. The molecule has 0 saturated heterocycles. The lowest BCUT2D eigenvalue weighted by Gasteiger charge is -2.31. The van der Waals surface area contributed by atoms with Crippen LogP contribution in [0.25, 0.3) is 0 Å². The van der Waals surface area contributed by atoms with Crippen LogP contribution in [0.5, 0.6) is 5.75 Å². The number of nitrogens with zero attached hydrogens (tertiary/aromatic N) is 1. The Kier molecular flexibility index (Phi) is 2.46. The normalized spacial score (nSPS) is 17.1. The number of hydrogen-bond donors (Lipinski definition) is 1. The summed E-state index contributed by atoms with van der Waals surface area (Å²) in [6.45, 7) is 6.54. The summed E-state index contributed by atoms with van der Waals surface area (Å²) in [5.41, 5.74) is 2.67. The zero-order chi connectivity index (χ0) is 10.1. The molecule has 2 heteroatoms. The number of rotatable bonds is 1. The van der Waals surface area contributed by atoms with E-state index in [0.717, 1.165) is 19.5 Å². The maximum Gasteiger partial charge on any atom is 0.115 e. The highest BCUT2D eigenvalue weighted by atomic mass is 16.3. The van der Waals surface area contributed by atoms with Crippen LogP contribution in [0.3, 0.4) is 0 Å². The fourth-order valence-corrected chi connectivity index (χ4v) is 2.01. The van der Waals surface area contributed by atoms with Crippen LogP contribution in [-0.2, 0) is 13.0 Å². The molecule has 1 aliphatic heterocycles. The minimum absolute atomic E-state index is 0.384. The summed E-state index contributed by atoms with van der Waals surface area (Å²) in [6.07, 6.45) is 1.10. The Morgan fingerprint density at radius 3 is 2.79 bits per heavy atom. The molecule has 0 spiro atoms. The maximum absolute atomic E-state index is 9.39. The molecule has 2 rings (SSSR count). The Labute approximate surface area is 85.2 Å². The predicted molar refractivity (Wildman–Crippen MR) is 57.4 cm³/mol. The first-order valence-electron chi connectivity index (χ1n) is 5.21. The Morgan fingerprint density at radius 1 is 1.29 bits per heavy atom. The van der Waals surface area contributed by atoms with Gasteiger partial charge in [0.05, 0.1) is 0 Å². The smallest absolute Gasteiger partial charge is 0.115 e. The molecule has 1 heterocycles. The molecule has 0 saturated carbocycles. The van der Waals surface area contributed by atoms with E-state index in [1.807, 2.05) is 12.1 Å². The first-order chi connectivity index (χ1) is 6.66. The van der Waals surface area contributed by atoms with Crippen LogP contribution in [0.15, 0.2) is 18.2 Å². The molecule has 0 amide bonds. The van der Waals surface area contributed by atoms with E-state index in [1.54, 1.807) is 6.07 Å². The largest absolute Gasteiger partial charge is 0.508 e. The molecule has 0 atom stereocenters. The Balaban J connectivity index is 2.24. The number of fused-ring (bicyclic) bond motifs is 1. The first kappa shape index (κ1) is 9.53. The molecule has 0 aliphatic carbocycles. The molecule has 1 aromatic carbocycles. The van der Waals surface area contributed by atoms with E-state index < -0.39 is 0 Å². The summed E-state index contributed by atoms with van der Waals surface area (Å²) in [4.78, 5) is 2.43. The number of phenols is 1. The minimum atomic E-state index is 0.384. The third-order valence-electron chi connectivity index (χ3n) is 2.96. The highest BCUT2D eigenvalue weighted by molar-refractivity contribution is 5.36. The maximum atomic E-state index is 9.39. The standard InChI is InChI=1S/C12H17NO/c1-9(2)13-6-5-10-3-4-12(14)7-11(10)8-13/h3-4,7,9,14H,5-6,8H2,1-2H3. The van der Waals surface area contributed by atoms with Crippen molar-refractivity contribution < 1.29 is 5.11 Å². The van der Waals surface area contributed by atoms with Crippen molar-refractivity contribution in [3.8, 4) is 5.75 Å². The fraction of sp³-hybridized carbons (Fsp3) is 0.500. The van der Waals surface area contributed by atoms with E-state index in [2.05, 4.69) is 18.7 Å². The second-order valence-electron chi connectivity index (χ2n) is 4.27. The zero-order valence-corrected chi connectivity index (χ0v) is 8.83. The molecule has 0 radical (unpaired) electrons. The Hall–Kier alpha value is -1.02. The van der Waals surface area contributed by atoms with Gasteiger partial charge in [-0.15, -0.1) is 0 Å². The Bertz CT molecular complexity index is 333. The molecule has 1 N–H and O–H groups in total. The molecular weight excluding hydrogens is 174 g/mol. The van der Waals surface area contributed by atoms with E-state index in [9.17, 15) is 5.11 Å². The van der Waals surface area contributed by atoms with Gasteiger partial charge in [-0.25, -0.2) is 0 Å². The molecule has 0 unspecified atom stereocenters. The van der Waals surface area contributed by atoms with Crippen molar-refractivity contribution in [1.82, 2.24) is 4.90 Å². The Morgan fingerprint density at radius 2 is 2.07 bits per heavy atom. The van der Waals surface area contributed by atoms with Gasteiger partial charge in [0, 0.05) is 19.1 Å². The molecule has 14 heavy (non-hydrogen) atoms. The summed E-state index contributed by atoms with van der Waals surface area (Å²) in [5.74, 6) is 0.384. The lowest BCUT2D eigenvalue weighted by molar-refractivity contribution is 0.203. The van der Waals surface area contributed by atoms with Crippen LogP contribution in [0.1, 0.15) is 25.0 Å². The van der Waals surface area contributed by atoms with Crippen molar-refractivity contribution in [3.63, 3.8) is 0 Å². The van der Waals surface area contributed by atoms with Gasteiger partial charge in [-0.3, -0.25) is 4.90 Å². The van der Waals surface area contributed by atoms with E-state index in [1.165, 1.54) is 11.1 Å². The highest BCUT2D eigenvalue weighted by Crippen LogP contribution is 2.23. The number of aromatic hydroxyl groups is 1. The highest BCUT2D eigenvalue weighted by Gasteiger charge is 2.18. The van der Waals surface area contributed by atoms with Gasteiger partial charge < -0.3 is 5.11 Å². The first-order valence-corrected chi connectivity index (χ1v) is 5.21. The van der Waals surface area contributed by atoms with Crippen LogP contribution < -0.4 is 0 Å². The van der Waals surface area contributed by atoms with Gasteiger partial charge >= 0.3 is 0 Å². The van der Waals surface area contributed by atoms with Crippen LogP contribution in [-0.4, -0.2) is 22.6 Å². The van der Waals surface area contributed by atoms with Crippen molar-refractivity contribution in [2.24, 2.45) is 0 Å². The van der Waals surface area contributed by atoms with Crippen molar-refractivity contribution >= 4 is 0 Å². The summed E-state index contributed by atoms with van der Waals surface area (Å²) < 4.78 is 0. The second-order valence-corrected chi connectivity index (χ2v) is 4.27. The van der Waals surface area contributed by atoms with Gasteiger partial charge in [0.1, 0.15) is 5.75 Å². The van der Waals surface area contributed by atoms with Crippen LogP contribution in [0.2, 0.25) is 0 Å². The number of phenolic OH excluding ortho intramolecular Hbond substituents is 1. The van der Waals surface area contributed by atoms with Gasteiger partial charge in [-0.05, 0) is 43.5 Å². The quantitative estimate of drug-likeness (QED) is 0.735. The van der Waals surface area contributed by atoms with E-state index in [4.69, 9.17) is 0 Å².